The van der Waals surface area contributed by atoms with E-state index in [1.54, 1.807) is 0 Å². The summed E-state index contributed by atoms with van der Waals surface area (Å²) in [7, 11) is 0. The summed E-state index contributed by atoms with van der Waals surface area (Å²) in [5.41, 5.74) is 9.00. The minimum Gasteiger partial charge on any atom is -0.493 e. The SMILES string of the molecule is Cc1c(N)cccc1OCCCc1ccccc1. The second-order valence-corrected chi connectivity index (χ2v) is 4.41. The number of benzene rings is 2. The molecule has 0 heterocycles. The van der Waals surface area contributed by atoms with Crippen molar-refractivity contribution in [3.8, 4) is 5.75 Å². The largest absolute Gasteiger partial charge is 0.493 e. The van der Waals surface area contributed by atoms with Crippen molar-refractivity contribution in [3.05, 3.63) is 59.7 Å². The van der Waals surface area contributed by atoms with Gasteiger partial charge >= 0.3 is 0 Å². The fourth-order valence-corrected chi connectivity index (χ4v) is 1.89. The number of nitrogens with two attached hydrogens (primary N) is 1. The Bertz CT molecular complexity index is 494. The lowest BCUT2D eigenvalue weighted by Gasteiger charge is -2.10. The lowest BCUT2D eigenvalue weighted by atomic mass is 10.1. The minimum atomic E-state index is 0.721. The third kappa shape index (κ3) is 3.27. The summed E-state index contributed by atoms with van der Waals surface area (Å²) in [6, 6.07) is 16.2. The van der Waals surface area contributed by atoms with Gasteiger partial charge in [-0.2, -0.15) is 0 Å². The first-order chi connectivity index (χ1) is 8.77. The normalized spacial score (nSPS) is 10.3. The maximum Gasteiger partial charge on any atom is 0.124 e. The van der Waals surface area contributed by atoms with Crippen molar-refractivity contribution in [2.75, 3.05) is 12.3 Å². The van der Waals surface area contributed by atoms with Crippen LogP contribution in [0.3, 0.4) is 0 Å². The molecule has 0 saturated carbocycles. The molecule has 0 aromatic heterocycles. The molecule has 0 atom stereocenters. The van der Waals surface area contributed by atoms with Crippen LogP contribution >= 0.6 is 0 Å². The van der Waals surface area contributed by atoms with Gasteiger partial charge in [0.05, 0.1) is 6.61 Å². The summed E-state index contributed by atoms with van der Waals surface area (Å²) in [5, 5.41) is 0. The van der Waals surface area contributed by atoms with Crippen molar-refractivity contribution in [1.29, 1.82) is 0 Å². The summed E-state index contributed by atoms with van der Waals surface area (Å²) >= 11 is 0. The molecule has 0 aliphatic carbocycles. The molecule has 0 fully saturated rings. The molecular formula is C16H19NO. The Kier molecular flexibility index (Phi) is 4.24. The van der Waals surface area contributed by atoms with Gasteiger partial charge in [0.15, 0.2) is 0 Å². The van der Waals surface area contributed by atoms with E-state index >= 15 is 0 Å². The summed E-state index contributed by atoms with van der Waals surface area (Å²) < 4.78 is 5.76. The second kappa shape index (κ2) is 6.10. The number of nitrogen functional groups attached to an aromatic ring is 1. The Hall–Kier alpha value is -1.96. The molecule has 0 amide bonds. The highest BCUT2D eigenvalue weighted by atomic mass is 16.5. The number of anilines is 1. The van der Waals surface area contributed by atoms with Crippen LogP contribution < -0.4 is 10.5 Å². The number of hydrogen-bond acceptors (Lipinski definition) is 2. The van der Waals surface area contributed by atoms with Gasteiger partial charge in [0.25, 0.3) is 0 Å². The van der Waals surface area contributed by atoms with Crippen LogP contribution in [0, 0.1) is 6.92 Å². The molecule has 0 aliphatic rings. The zero-order chi connectivity index (χ0) is 12.8. The molecule has 18 heavy (non-hydrogen) atoms. The second-order valence-electron chi connectivity index (χ2n) is 4.41. The number of aryl methyl sites for hydroxylation is 1. The van der Waals surface area contributed by atoms with Gasteiger partial charge in [-0.15, -0.1) is 0 Å². The number of ether oxygens (including phenoxy) is 1. The number of hydrogen-bond donors (Lipinski definition) is 1. The van der Waals surface area contributed by atoms with Crippen molar-refractivity contribution >= 4 is 5.69 Å². The highest BCUT2D eigenvalue weighted by Crippen LogP contribution is 2.22. The molecule has 2 aromatic rings. The Labute approximate surface area is 108 Å². The number of rotatable bonds is 5. The molecule has 2 N–H and O–H groups in total. The van der Waals surface area contributed by atoms with E-state index in [4.69, 9.17) is 10.5 Å². The highest BCUT2D eigenvalue weighted by Gasteiger charge is 2.01. The maximum atomic E-state index is 5.84. The Morgan fingerprint density at radius 1 is 1.00 bits per heavy atom. The smallest absolute Gasteiger partial charge is 0.124 e. The molecule has 0 radical (unpaired) electrons. The third-order valence-corrected chi connectivity index (χ3v) is 3.04. The van der Waals surface area contributed by atoms with Crippen LogP contribution in [0.4, 0.5) is 5.69 Å². The fraction of sp³-hybridized carbons (Fsp3) is 0.250. The van der Waals surface area contributed by atoms with E-state index in [1.165, 1.54) is 5.56 Å². The van der Waals surface area contributed by atoms with Crippen molar-refractivity contribution in [3.63, 3.8) is 0 Å². The molecule has 0 aliphatic heterocycles. The minimum absolute atomic E-state index is 0.721. The topological polar surface area (TPSA) is 35.2 Å². The van der Waals surface area contributed by atoms with Gasteiger partial charge in [-0.25, -0.2) is 0 Å². The summed E-state index contributed by atoms with van der Waals surface area (Å²) in [6.45, 7) is 2.71. The summed E-state index contributed by atoms with van der Waals surface area (Å²) in [5.74, 6) is 0.892. The third-order valence-electron chi connectivity index (χ3n) is 3.04. The molecule has 2 rings (SSSR count). The monoisotopic (exact) mass is 241 g/mol. The van der Waals surface area contributed by atoms with Crippen molar-refractivity contribution in [1.82, 2.24) is 0 Å². The molecule has 2 nitrogen and oxygen atoms in total. The van der Waals surface area contributed by atoms with Crippen molar-refractivity contribution in [2.45, 2.75) is 19.8 Å². The van der Waals surface area contributed by atoms with Crippen LogP contribution in [0.1, 0.15) is 17.5 Å². The van der Waals surface area contributed by atoms with Gasteiger partial charge in [0.2, 0.25) is 0 Å². The Morgan fingerprint density at radius 3 is 2.56 bits per heavy atom. The predicted molar refractivity (Wildman–Crippen MR) is 75.8 cm³/mol. The first-order valence-corrected chi connectivity index (χ1v) is 6.29. The zero-order valence-electron chi connectivity index (χ0n) is 10.7. The lowest BCUT2D eigenvalue weighted by Crippen LogP contribution is -2.02. The fourth-order valence-electron chi connectivity index (χ4n) is 1.89. The van der Waals surface area contributed by atoms with E-state index in [9.17, 15) is 0 Å². The predicted octanol–water partition coefficient (Wildman–Crippen LogP) is 3.59. The average Bonchev–Trinajstić information content (AvgIpc) is 2.40. The Morgan fingerprint density at radius 2 is 1.78 bits per heavy atom. The molecule has 0 saturated heterocycles. The first-order valence-electron chi connectivity index (χ1n) is 6.29. The average molecular weight is 241 g/mol. The standard InChI is InChI=1S/C16H19NO/c1-13-15(17)10-5-11-16(13)18-12-6-9-14-7-3-2-4-8-14/h2-5,7-8,10-11H,6,9,12,17H2,1H3. The molecular weight excluding hydrogens is 222 g/mol. The van der Waals surface area contributed by atoms with E-state index in [0.717, 1.165) is 36.4 Å². The van der Waals surface area contributed by atoms with Gasteiger partial charge < -0.3 is 10.5 Å². The van der Waals surface area contributed by atoms with Gasteiger partial charge in [-0.1, -0.05) is 36.4 Å². The van der Waals surface area contributed by atoms with Crippen molar-refractivity contribution < 1.29 is 4.74 Å². The van der Waals surface area contributed by atoms with E-state index in [1.807, 2.05) is 31.2 Å². The quantitative estimate of drug-likeness (QED) is 0.641. The van der Waals surface area contributed by atoms with Crippen molar-refractivity contribution in [2.24, 2.45) is 0 Å². The van der Waals surface area contributed by atoms with Crippen LogP contribution in [0.2, 0.25) is 0 Å². The van der Waals surface area contributed by atoms with Crippen LogP contribution in [-0.4, -0.2) is 6.61 Å². The maximum absolute atomic E-state index is 5.84. The van der Waals surface area contributed by atoms with Gasteiger partial charge in [-0.3, -0.25) is 0 Å². The molecule has 0 bridgehead atoms. The van der Waals surface area contributed by atoms with E-state index in [0.29, 0.717) is 0 Å². The first kappa shape index (κ1) is 12.5. The van der Waals surface area contributed by atoms with Crippen LogP contribution in [-0.2, 0) is 6.42 Å². The van der Waals surface area contributed by atoms with E-state index in [-0.39, 0.29) is 0 Å². The zero-order valence-corrected chi connectivity index (χ0v) is 10.7. The van der Waals surface area contributed by atoms with Crippen LogP contribution in [0.15, 0.2) is 48.5 Å². The lowest BCUT2D eigenvalue weighted by molar-refractivity contribution is 0.309. The molecule has 0 spiro atoms. The van der Waals surface area contributed by atoms with E-state index < -0.39 is 0 Å². The molecule has 2 aromatic carbocycles. The van der Waals surface area contributed by atoms with Crippen LogP contribution in [0.5, 0.6) is 5.75 Å². The Balaban J connectivity index is 1.81. The molecule has 2 heteroatoms. The summed E-state index contributed by atoms with van der Waals surface area (Å²) in [6.07, 6.45) is 2.06. The van der Waals surface area contributed by atoms with Crippen LogP contribution in [0.25, 0.3) is 0 Å². The molecule has 0 unspecified atom stereocenters. The van der Waals surface area contributed by atoms with Gasteiger partial charge in [0, 0.05) is 11.3 Å². The van der Waals surface area contributed by atoms with Gasteiger partial charge in [0.1, 0.15) is 5.75 Å². The summed E-state index contributed by atoms with van der Waals surface area (Å²) in [4.78, 5) is 0. The molecule has 94 valence electrons. The highest BCUT2D eigenvalue weighted by molar-refractivity contribution is 5.53. The van der Waals surface area contributed by atoms with E-state index in [2.05, 4.69) is 24.3 Å². The van der Waals surface area contributed by atoms with Gasteiger partial charge in [-0.05, 0) is 37.5 Å².